The summed E-state index contributed by atoms with van der Waals surface area (Å²) in [4.78, 5) is 0. The summed E-state index contributed by atoms with van der Waals surface area (Å²) in [6.07, 6.45) is 3.83. The Morgan fingerprint density at radius 1 is 1.53 bits per heavy atom. The summed E-state index contributed by atoms with van der Waals surface area (Å²) in [5.41, 5.74) is 0.684. The van der Waals surface area contributed by atoms with E-state index in [4.69, 9.17) is 0 Å². The molecule has 6 nitrogen and oxygen atoms in total. The monoisotopic (exact) mass is 286 g/mol. The molecule has 1 fully saturated rings. The number of hydrogen-bond donors (Lipinski definition) is 2. The fourth-order valence-electron chi connectivity index (χ4n) is 2.10. The summed E-state index contributed by atoms with van der Waals surface area (Å²) in [6.45, 7) is 4.92. The van der Waals surface area contributed by atoms with Crippen LogP contribution in [0, 0.1) is 5.92 Å². The first-order valence-corrected chi connectivity index (χ1v) is 8.09. The van der Waals surface area contributed by atoms with Gasteiger partial charge in [-0.25, -0.2) is 8.42 Å². The third-order valence-electron chi connectivity index (χ3n) is 3.32. The van der Waals surface area contributed by atoms with Gasteiger partial charge in [-0.1, -0.05) is 0 Å². The van der Waals surface area contributed by atoms with Crippen LogP contribution >= 0.6 is 0 Å². The van der Waals surface area contributed by atoms with Gasteiger partial charge in [0.15, 0.2) is 5.03 Å². The highest BCUT2D eigenvalue weighted by Crippen LogP contribution is 2.32. The fourth-order valence-corrected chi connectivity index (χ4v) is 3.92. The Kier molecular flexibility index (Phi) is 4.27. The summed E-state index contributed by atoms with van der Waals surface area (Å²) in [5.74, 6) is 0.521. The molecule has 108 valence electrons. The van der Waals surface area contributed by atoms with E-state index in [0.717, 1.165) is 12.8 Å². The standard InChI is InChI=1S/C12H22N4O2S/c1-9(2)16(8-10-4-5-10)19(17,18)12-11(6-13-3)7-14-15-12/h7,9-10,13H,4-6,8H2,1-3H3,(H,14,15). The van der Waals surface area contributed by atoms with Crippen molar-refractivity contribution in [1.82, 2.24) is 19.8 Å². The predicted molar refractivity (Wildman–Crippen MR) is 73.1 cm³/mol. The van der Waals surface area contributed by atoms with Gasteiger partial charge in [-0.2, -0.15) is 9.40 Å². The number of H-pyrrole nitrogens is 1. The first kappa shape index (κ1) is 14.5. The van der Waals surface area contributed by atoms with Crippen LogP contribution in [0.1, 0.15) is 32.3 Å². The van der Waals surface area contributed by atoms with Crippen LogP contribution in [0.3, 0.4) is 0 Å². The molecule has 7 heteroatoms. The summed E-state index contributed by atoms with van der Waals surface area (Å²) in [5, 5.41) is 9.69. The molecule has 1 saturated carbocycles. The van der Waals surface area contributed by atoms with Gasteiger partial charge < -0.3 is 5.32 Å². The Hall–Kier alpha value is -0.920. The maximum absolute atomic E-state index is 12.7. The minimum atomic E-state index is -3.49. The second-order valence-corrected chi connectivity index (χ2v) is 7.19. The molecule has 1 aromatic heterocycles. The van der Waals surface area contributed by atoms with E-state index >= 15 is 0 Å². The van der Waals surface area contributed by atoms with Crippen molar-refractivity contribution in [2.24, 2.45) is 5.92 Å². The average molecular weight is 286 g/mol. The molecular weight excluding hydrogens is 264 g/mol. The zero-order valence-electron chi connectivity index (χ0n) is 11.7. The summed E-state index contributed by atoms with van der Waals surface area (Å²) in [6, 6.07) is -0.0451. The lowest BCUT2D eigenvalue weighted by Crippen LogP contribution is -2.39. The van der Waals surface area contributed by atoms with Gasteiger partial charge in [-0.15, -0.1) is 0 Å². The Morgan fingerprint density at radius 3 is 2.74 bits per heavy atom. The lowest BCUT2D eigenvalue weighted by molar-refractivity contribution is 0.340. The van der Waals surface area contributed by atoms with E-state index in [1.807, 2.05) is 13.8 Å². The van der Waals surface area contributed by atoms with E-state index in [9.17, 15) is 8.42 Å². The fraction of sp³-hybridized carbons (Fsp3) is 0.750. The first-order valence-electron chi connectivity index (χ1n) is 6.65. The van der Waals surface area contributed by atoms with Crippen LogP contribution in [-0.4, -0.2) is 42.6 Å². The third-order valence-corrected chi connectivity index (χ3v) is 5.38. The van der Waals surface area contributed by atoms with Gasteiger partial charge in [0.2, 0.25) is 0 Å². The van der Waals surface area contributed by atoms with E-state index in [2.05, 4.69) is 15.5 Å². The van der Waals surface area contributed by atoms with E-state index in [1.54, 1.807) is 17.5 Å². The number of aromatic amines is 1. The Labute approximate surface area is 114 Å². The summed E-state index contributed by atoms with van der Waals surface area (Å²) in [7, 11) is -1.70. The van der Waals surface area contributed by atoms with Crippen LogP contribution in [0.2, 0.25) is 0 Å². The van der Waals surface area contributed by atoms with Crippen LogP contribution in [0.5, 0.6) is 0 Å². The number of nitrogens with zero attached hydrogens (tertiary/aromatic N) is 2. The van der Waals surface area contributed by atoms with Crippen molar-refractivity contribution < 1.29 is 8.42 Å². The van der Waals surface area contributed by atoms with Gasteiger partial charge >= 0.3 is 0 Å². The maximum Gasteiger partial charge on any atom is 0.260 e. The van der Waals surface area contributed by atoms with Crippen molar-refractivity contribution in [3.05, 3.63) is 11.8 Å². The molecule has 1 aliphatic rings. The number of rotatable bonds is 7. The van der Waals surface area contributed by atoms with E-state index in [-0.39, 0.29) is 11.1 Å². The average Bonchev–Trinajstić information content (AvgIpc) is 3.03. The third kappa shape index (κ3) is 3.16. The number of sulfonamides is 1. The number of nitrogens with one attached hydrogen (secondary N) is 2. The highest BCUT2D eigenvalue weighted by Gasteiger charge is 2.35. The van der Waals surface area contributed by atoms with Crippen molar-refractivity contribution in [2.45, 2.75) is 44.3 Å². The molecule has 0 amide bonds. The zero-order valence-corrected chi connectivity index (χ0v) is 12.5. The second-order valence-electron chi connectivity index (χ2n) is 5.37. The van der Waals surface area contributed by atoms with Crippen molar-refractivity contribution >= 4 is 10.0 Å². The number of aromatic nitrogens is 2. The van der Waals surface area contributed by atoms with Crippen molar-refractivity contribution in [2.75, 3.05) is 13.6 Å². The topological polar surface area (TPSA) is 78.1 Å². The molecule has 1 aliphatic carbocycles. The quantitative estimate of drug-likeness (QED) is 0.782. The Balaban J connectivity index is 2.29. The van der Waals surface area contributed by atoms with Crippen LogP contribution in [-0.2, 0) is 16.6 Å². The Morgan fingerprint density at radius 2 is 2.21 bits per heavy atom. The molecule has 0 spiro atoms. The lowest BCUT2D eigenvalue weighted by atomic mass is 10.3. The molecule has 2 rings (SSSR count). The molecule has 1 aromatic rings. The predicted octanol–water partition coefficient (Wildman–Crippen LogP) is 0.938. The molecule has 0 aliphatic heterocycles. The number of hydrogen-bond acceptors (Lipinski definition) is 4. The van der Waals surface area contributed by atoms with E-state index < -0.39 is 10.0 Å². The molecule has 0 unspecified atom stereocenters. The van der Waals surface area contributed by atoms with E-state index in [0.29, 0.717) is 24.6 Å². The SMILES string of the molecule is CNCc1cn[nH]c1S(=O)(=O)N(CC1CC1)C(C)C. The highest BCUT2D eigenvalue weighted by molar-refractivity contribution is 7.89. The largest absolute Gasteiger partial charge is 0.316 e. The van der Waals surface area contributed by atoms with Gasteiger partial charge in [-0.05, 0) is 39.7 Å². The van der Waals surface area contributed by atoms with Gasteiger partial charge in [0, 0.05) is 24.7 Å². The molecule has 0 atom stereocenters. The first-order chi connectivity index (χ1) is 8.96. The Bertz CT molecular complexity index is 520. The lowest BCUT2D eigenvalue weighted by Gasteiger charge is -2.25. The molecule has 0 saturated heterocycles. The molecule has 0 radical (unpaired) electrons. The highest BCUT2D eigenvalue weighted by atomic mass is 32.2. The second kappa shape index (κ2) is 5.60. The molecule has 19 heavy (non-hydrogen) atoms. The van der Waals surface area contributed by atoms with Crippen LogP contribution in [0.25, 0.3) is 0 Å². The summed E-state index contributed by atoms with van der Waals surface area (Å²) < 4.78 is 27.0. The van der Waals surface area contributed by atoms with Gasteiger partial charge in [0.25, 0.3) is 10.0 Å². The summed E-state index contributed by atoms with van der Waals surface area (Å²) >= 11 is 0. The molecule has 1 heterocycles. The minimum absolute atomic E-state index is 0.0451. The zero-order chi connectivity index (χ0) is 14.0. The van der Waals surface area contributed by atoms with Gasteiger partial charge in [-0.3, -0.25) is 5.10 Å². The van der Waals surface area contributed by atoms with Crippen molar-refractivity contribution in [1.29, 1.82) is 0 Å². The van der Waals surface area contributed by atoms with Gasteiger partial charge in [0.1, 0.15) is 0 Å². The van der Waals surface area contributed by atoms with Gasteiger partial charge in [0.05, 0.1) is 6.20 Å². The van der Waals surface area contributed by atoms with Crippen molar-refractivity contribution in [3.8, 4) is 0 Å². The van der Waals surface area contributed by atoms with E-state index in [1.165, 1.54) is 0 Å². The van der Waals surface area contributed by atoms with Crippen LogP contribution in [0.4, 0.5) is 0 Å². The smallest absolute Gasteiger partial charge is 0.260 e. The normalized spacial score (nSPS) is 16.5. The van der Waals surface area contributed by atoms with Crippen LogP contribution < -0.4 is 5.32 Å². The molecular formula is C12H22N4O2S. The maximum atomic E-state index is 12.7. The van der Waals surface area contributed by atoms with Crippen LogP contribution in [0.15, 0.2) is 11.2 Å². The molecule has 0 aromatic carbocycles. The minimum Gasteiger partial charge on any atom is -0.316 e. The van der Waals surface area contributed by atoms with Crippen molar-refractivity contribution in [3.63, 3.8) is 0 Å². The molecule has 2 N–H and O–H groups in total. The molecule has 0 bridgehead atoms.